The molecule has 0 spiro atoms. The van der Waals surface area contributed by atoms with Crippen molar-refractivity contribution < 1.29 is 18.0 Å². The first-order valence-electron chi connectivity index (χ1n) is 9.29. The number of nitrogens with one attached hydrogen (secondary N) is 2. The lowest BCUT2D eigenvalue weighted by atomic mass is 10.1. The summed E-state index contributed by atoms with van der Waals surface area (Å²) < 4.78 is 40.0. The number of alkyl halides is 3. The molecular weight excluding hydrogens is 385 g/mol. The number of amides is 1. The van der Waals surface area contributed by atoms with Gasteiger partial charge in [-0.15, -0.1) is 0 Å². The summed E-state index contributed by atoms with van der Waals surface area (Å²) in [5.74, 6) is -0.809. The van der Waals surface area contributed by atoms with Crippen molar-refractivity contribution in [2.45, 2.75) is 31.5 Å². The van der Waals surface area contributed by atoms with E-state index in [0.717, 1.165) is 32.0 Å². The predicted molar refractivity (Wildman–Crippen MR) is 104 cm³/mol. The van der Waals surface area contributed by atoms with Crippen molar-refractivity contribution in [2.75, 3.05) is 30.8 Å². The molecule has 0 bridgehead atoms. The molecule has 1 aliphatic heterocycles. The summed E-state index contributed by atoms with van der Waals surface area (Å²) in [6.07, 6.45) is -0.923. The number of nitrogens with two attached hydrogens (primary N) is 1. The molecule has 1 atom stereocenters. The van der Waals surface area contributed by atoms with Crippen molar-refractivity contribution in [1.29, 1.82) is 0 Å². The summed E-state index contributed by atoms with van der Waals surface area (Å²) in [4.78, 5) is 21.1. The van der Waals surface area contributed by atoms with Gasteiger partial charge in [-0.3, -0.25) is 4.79 Å². The zero-order chi connectivity index (χ0) is 21.0. The number of hydrogen-bond acceptors (Lipinski definition) is 6. The third-order valence-corrected chi connectivity index (χ3v) is 4.96. The van der Waals surface area contributed by atoms with E-state index in [-0.39, 0.29) is 11.8 Å². The van der Waals surface area contributed by atoms with Crippen molar-refractivity contribution >= 4 is 23.4 Å². The Morgan fingerprint density at radius 2 is 2.03 bits per heavy atom. The van der Waals surface area contributed by atoms with Crippen LogP contribution in [0, 0.1) is 0 Å². The highest BCUT2D eigenvalue weighted by molar-refractivity contribution is 5.93. The summed E-state index contributed by atoms with van der Waals surface area (Å²) in [6, 6.07) is 6.52. The van der Waals surface area contributed by atoms with Gasteiger partial charge in [0.1, 0.15) is 11.4 Å². The van der Waals surface area contributed by atoms with Gasteiger partial charge in [-0.2, -0.15) is 18.2 Å². The first-order chi connectivity index (χ1) is 13.7. The fraction of sp³-hybridized carbons (Fsp3) is 0.421. The van der Waals surface area contributed by atoms with Gasteiger partial charge in [0.25, 0.3) is 0 Å². The van der Waals surface area contributed by atoms with Crippen LogP contribution in [-0.4, -0.2) is 47.0 Å². The molecule has 2 heterocycles. The Hall–Kier alpha value is -2.88. The number of carbonyl (C=O) groups is 1. The van der Waals surface area contributed by atoms with E-state index < -0.39 is 17.6 Å². The standard InChI is InChI=1S/C19H23F3N6O/c1-28-10-2-3-14(28)8-9-24-17-15(19(20,21)22)11-25-18(27-17)26-13-6-4-12(5-7-13)16(23)29/h4-7,11,14H,2-3,8-10H2,1H3,(H2,23,29)(H2,24,25,26,27). The topological polar surface area (TPSA) is 96.2 Å². The van der Waals surface area contributed by atoms with Crippen LogP contribution in [0.15, 0.2) is 30.5 Å². The van der Waals surface area contributed by atoms with Crippen LogP contribution >= 0.6 is 0 Å². The van der Waals surface area contributed by atoms with Gasteiger partial charge in [0.2, 0.25) is 11.9 Å². The number of primary amides is 1. The van der Waals surface area contributed by atoms with Gasteiger partial charge in [0.15, 0.2) is 0 Å². The molecule has 3 rings (SSSR count). The number of halogens is 3. The van der Waals surface area contributed by atoms with Crippen LogP contribution in [0.25, 0.3) is 0 Å². The quantitative estimate of drug-likeness (QED) is 0.651. The van der Waals surface area contributed by atoms with Gasteiger partial charge in [0.05, 0.1) is 0 Å². The fourth-order valence-electron chi connectivity index (χ4n) is 3.33. The van der Waals surface area contributed by atoms with Gasteiger partial charge in [-0.25, -0.2) is 4.98 Å². The van der Waals surface area contributed by atoms with Crippen LogP contribution < -0.4 is 16.4 Å². The summed E-state index contributed by atoms with van der Waals surface area (Å²) in [5.41, 5.74) is 5.13. The Labute approximate surface area is 166 Å². The van der Waals surface area contributed by atoms with Crippen LogP contribution in [-0.2, 0) is 6.18 Å². The molecule has 156 valence electrons. The number of rotatable bonds is 7. The lowest BCUT2D eigenvalue weighted by molar-refractivity contribution is -0.137. The molecule has 1 unspecified atom stereocenters. The van der Waals surface area contributed by atoms with Gasteiger partial charge in [-0.1, -0.05) is 0 Å². The molecule has 1 aromatic carbocycles. The summed E-state index contributed by atoms with van der Waals surface area (Å²) in [6.45, 7) is 1.39. The summed E-state index contributed by atoms with van der Waals surface area (Å²) in [5, 5.41) is 5.66. The average molecular weight is 408 g/mol. The second kappa shape index (κ2) is 8.64. The summed E-state index contributed by atoms with van der Waals surface area (Å²) in [7, 11) is 2.02. The third-order valence-electron chi connectivity index (χ3n) is 4.96. The van der Waals surface area contributed by atoms with Gasteiger partial charge in [0, 0.05) is 30.0 Å². The van der Waals surface area contributed by atoms with Crippen molar-refractivity contribution in [2.24, 2.45) is 5.73 Å². The highest BCUT2D eigenvalue weighted by Gasteiger charge is 2.35. The maximum Gasteiger partial charge on any atom is 0.421 e. The Bertz CT molecular complexity index is 856. The number of anilines is 3. The molecule has 2 aromatic rings. The molecule has 0 radical (unpaired) electrons. The first kappa shape index (κ1) is 20.8. The number of benzene rings is 1. The molecule has 0 aliphatic carbocycles. The van der Waals surface area contributed by atoms with E-state index >= 15 is 0 Å². The van der Waals surface area contributed by atoms with Crippen molar-refractivity contribution in [3.8, 4) is 0 Å². The van der Waals surface area contributed by atoms with E-state index in [2.05, 4.69) is 25.5 Å². The molecule has 0 saturated carbocycles. The smallest absolute Gasteiger partial charge is 0.369 e. The number of aromatic nitrogens is 2. The minimum Gasteiger partial charge on any atom is -0.369 e. The van der Waals surface area contributed by atoms with Crippen LogP contribution in [0.3, 0.4) is 0 Å². The van der Waals surface area contributed by atoms with Gasteiger partial charge in [-0.05, 0) is 57.1 Å². The number of nitrogens with zero attached hydrogens (tertiary/aromatic N) is 3. The second-order valence-corrected chi connectivity index (χ2v) is 7.01. The van der Waals surface area contributed by atoms with Crippen LogP contribution in [0.4, 0.5) is 30.6 Å². The number of carbonyl (C=O) groups excluding carboxylic acids is 1. The molecular formula is C19H23F3N6O. The first-order valence-corrected chi connectivity index (χ1v) is 9.29. The van der Waals surface area contributed by atoms with Crippen molar-refractivity contribution in [1.82, 2.24) is 14.9 Å². The number of hydrogen-bond donors (Lipinski definition) is 3. The molecule has 10 heteroatoms. The third kappa shape index (κ3) is 5.35. The van der Waals surface area contributed by atoms with Crippen molar-refractivity contribution in [3.63, 3.8) is 0 Å². The molecule has 7 nitrogen and oxygen atoms in total. The maximum absolute atomic E-state index is 13.3. The minimum absolute atomic E-state index is 0.0188. The fourth-order valence-corrected chi connectivity index (χ4v) is 3.33. The molecule has 1 fully saturated rings. The van der Waals surface area contributed by atoms with Gasteiger partial charge < -0.3 is 21.3 Å². The van der Waals surface area contributed by atoms with E-state index in [4.69, 9.17) is 5.73 Å². The molecule has 1 amide bonds. The second-order valence-electron chi connectivity index (χ2n) is 7.01. The maximum atomic E-state index is 13.3. The van der Waals surface area contributed by atoms with Crippen LogP contribution in [0.1, 0.15) is 35.2 Å². The average Bonchev–Trinajstić information content (AvgIpc) is 3.06. The zero-order valence-electron chi connectivity index (χ0n) is 16.0. The predicted octanol–water partition coefficient (Wildman–Crippen LogP) is 3.23. The number of likely N-dealkylation sites (tertiary alicyclic amines) is 1. The summed E-state index contributed by atoms with van der Waals surface area (Å²) >= 11 is 0. The molecule has 29 heavy (non-hydrogen) atoms. The van der Waals surface area contributed by atoms with Crippen LogP contribution in [0.2, 0.25) is 0 Å². The largest absolute Gasteiger partial charge is 0.421 e. The zero-order valence-corrected chi connectivity index (χ0v) is 16.0. The minimum atomic E-state index is -4.56. The highest BCUT2D eigenvalue weighted by atomic mass is 19.4. The Kier molecular flexibility index (Phi) is 6.21. The molecule has 4 N–H and O–H groups in total. The van der Waals surface area contributed by atoms with E-state index in [9.17, 15) is 18.0 Å². The van der Waals surface area contributed by atoms with E-state index in [1.807, 2.05) is 7.05 Å². The Morgan fingerprint density at radius 1 is 1.31 bits per heavy atom. The monoisotopic (exact) mass is 408 g/mol. The van der Waals surface area contributed by atoms with E-state index in [0.29, 0.717) is 23.8 Å². The molecule has 1 saturated heterocycles. The Morgan fingerprint density at radius 3 is 2.62 bits per heavy atom. The SMILES string of the molecule is CN1CCCC1CCNc1nc(Nc2ccc(C(N)=O)cc2)ncc1C(F)(F)F. The lowest BCUT2D eigenvalue weighted by Gasteiger charge is -2.20. The van der Waals surface area contributed by atoms with E-state index in [1.165, 1.54) is 12.1 Å². The lowest BCUT2D eigenvalue weighted by Crippen LogP contribution is -2.27. The van der Waals surface area contributed by atoms with Crippen LogP contribution in [0.5, 0.6) is 0 Å². The normalized spacial score (nSPS) is 17.3. The van der Waals surface area contributed by atoms with Gasteiger partial charge >= 0.3 is 6.18 Å². The van der Waals surface area contributed by atoms with Crippen molar-refractivity contribution in [3.05, 3.63) is 41.6 Å². The molecule has 1 aliphatic rings. The van der Waals surface area contributed by atoms with E-state index in [1.54, 1.807) is 12.1 Å². The molecule has 1 aromatic heterocycles. The highest BCUT2D eigenvalue weighted by Crippen LogP contribution is 2.34. The Balaban J connectivity index is 1.73.